The average molecular weight is 240 g/mol. The number of aromatic nitrogens is 1. The molecule has 0 bridgehead atoms. The number of aryl methyl sites for hydroxylation is 1. The number of thiazole rings is 1. The van der Waals surface area contributed by atoms with E-state index in [1.54, 1.807) is 11.3 Å². The number of nitrogens with zero attached hydrogens (tertiary/aromatic N) is 1. The third-order valence-electron chi connectivity index (χ3n) is 2.62. The van der Waals surface area contributed by atoms with Crippen LogP contribution in [0.4, 0.5) is 5.13 Å². The number of anilines is 1. The van der Waals surface area contributed by atoms with Crippen molar-refractivity contribution in [3.05, 3.63) is 10.6 Å². The molecule has 1 N–H and O–H groups in total. The Hall–Kier alpha value is -1.10. The van der Waals surface area contributed by atoms with E-state index in [2.05, 4.69) is 10.3 Å². The Balaban J connectivity index is 2.15. The molecule has 1 aliphatic rings. The minimum atomic E-state index is -0.140. The molecule has 16 heavy (non-hydrogen) atoms. The van der Waals surface area contributed by atoms with Crippen LogP contribution in [0.15, 0.2) is 0 Å². The Morgan fingerprint density at radius 1 is 1.62 bits per heavy atom. The van der Waals surface area contributed by atoms with Crippen molar-refractivity contribution in [1.29, 1.82) is 0 Å². The lowest BCUT2D eigenvalue weighted by atomic mass is 10.1. The monoisotopic (exact) mass is 240 g/mol. The van der Waals surface area contributed by atoms with Crippen LogP contribution in [0.25, 0.3) is 0 Å². The molecule has 0 saturated carbocycles. The molecule has 1 heterocycles. The molecule has 0 radical (unpaired) electrons. The zero-order valence-electron chi connectivity index (χ0n) is 9.58. The van der Waals surface area contributed by atoms with Gasteiger partial charge in [0.2, 0.25) is 0 Å². The standard InChI is InChI=1S/C11H16N2O2S/c1-3-12-11-13-9-7(10(14)15-4-2)5-6-8(9)16-11/h7H,3-6H2,1-2H3,(H,12,13). The minimum absolute atomic E-state index is 0.130. The number of carbonyl (C=O) groups is 1. The predicted molar refractivity (Wildman–Crippen MR) is 64.0 cm³/mol. The molecule has 0 amide bonds. The van der Waals surface area contributed by atoms with Gasteiger partial charge in [-0.1, -0.05) is 0 Å². The molecular weight excluding hydrogens is 224 g/mol. The van der Waals surface area contributed by atoms with E-state index in [1.165, 1.54) is 4.88 Å². The summed E-state index contributed by atoms with van der Waals surface area (Å²) in [4.78, 5) is 17.4. The van der Waals surface area contributed by atoms with Gasteiger partial charge >= 0.3 is 5.97 Å². The number of ether oxygens (including phenoxy) is 1. The number of rotatable bonds is 4. The van der Waals surface area contributed by atoms with Crippen LogP contribution in [0.3, 0.4) is 0 Å². The van der Waals surface area contributed by atoms with Crippen LogP contribution in [-0.4, -0.2) is 24.1 Å². The van der Waals surface area contributed by atoms with Crippen LogP contribution >= 0.6 is 11.3 Å². The fraction of sp³-hybridized carbons (Fsp3) is 0.636. The average Bonchev–Trinajstić information content (AvgIpc) is 2.77. The quantitative estimate of drug-likeness (QED) is 0.819. The molecule has 4 nitrogen and oxygen atoms in total. The Labute approximate surface area is 99.0 Å². The van der Waals surface area contributed by atoms with Crippen molar-refractivity contribution in [3.63, 3.8) is 0 Å². The summed E-state index contributed by atoms with van der Waals surface area (Å²) in [5.74, 6) is -0.270. The fourth-order valence-corrected chi connectivity index (χ4v) is 3.03. The first-order chi connectivity index (χ1) is 7.76. The molecule has 0 spiro atoms. The molecule has 1 unspecified atom stereocenters. The van der Waals surface area contributed by atoms with Gasteiger partial charge in [0.25, 0.3) is 0 Å². The maximum absolute atomic E-state index is 11.7. The van der Waals surface area contributed by atoms with Gasteiger partial charge < -0.3 is 10.1 Å². The number of hydrogen-bond acceptors (Lipinski definition) is 5. The number of nitrogens with one attached hydrogen (secondary N) is 1. The summed E-state index contributed by atoms with van der Waals surface area (Å²) >= 11 is 1.66. The molecule has 5 heteroatoms. The summed E-state index contributed by atoms with van der Waals surface area (Å²) in [5.41, 5.74) is 0.930. The van der Waals surface area contributed by atoms with E-state index in [0.29, 0.717) is 6.61 Å². The van der Waals surface area contributed by atoms with Gasteiger partial charge in [-0.3, -0.25) is 4.79 Å². The maximum atomic E-state index is 11.7. The van der Waals surface area contributed by atoms with Gasteiger partial charge in [0, 0.05) is 11.4 Å². The van der Waals surface area contributed by atoms with E-state index >= 15 is 0 Å². The van der Waals surface area contributed by atoms with Crippen LogP contribution in [-0.2, 0) is 16.0 Å². The maximum Gasteiger partial charge on any atom is 0.315 e. The van der Waals surface area contributed by atoms with Crippen LogP contribution in [0.2, 0.25) is 0 Å². The van der Waals surface area contributed by atoms with Gasteiger partial charge in [0.05, 0.1) is 12.3 Å². The van der Waals surface area contributed by atoms with Crippen molar-refractivity contribution < 1.29 is 9.53 Å². The molecule has 0 saturated heterocycles. The lowest BCUT2D eigenvalue weighted by molar-refractivity contribution is -0.144. The lowest BCUT2D eigenvalue weighted by Gasteiger charge is -2.07. The number of carbonyl (C=O) groups excluding carboxylic acids is 1. The molecular formula is C11H16N2O2S. The second kappa shape index (κ2) is 4.82. The SMILES string of the molecule is CCNc1nc2c(s1)CCC2C(=O)OCC. The number of hydrogen-bond donors (Lipinski definition) is 1. The zero-order chi connectivity index (χ0) is 11.5. The first kappa shape index (κ1) is 11.4. The van der Waals surface area contributed by atoms with Crippen LogP contribution in [0.5, 0.6) is 0 Å². The first-order valence-electron chi connectivity index (χ1n) is 5.66. The second-order valence-corrected chi connectivity index (χ2v) is 4.78. The normalized spacial score (nSPS) is 18.2. The minimum Gasteiger partial charge on any atom is -0.465 e. The molecule has 0 fully saturated rings. The Morgan fingerprint density at radius 2 is 2.44 bits per heavy atom. The van der Waals surface area contributed by atoms with E-state index in [-0.39, 0.29) is 11.9 Å². The van der Waals surface area contributed by atoms with Crippen LogP contribution in [0, 0.1) is 0 Å². The fourth-order valence-electron chi connectivity index (χ4n) is 1.93. The van der Waals surface area contributed by atoms with Crippen molar-refractivity contribution in [1.82, 2.24) is 4.98 Å². The summed E-state index contributed by atoms with van der Waals surface area (Å²) in [6, 6.07) is 0. The third-order valence-corrected chi connectivity index (χ3v) is 3.71. The van der Waals surface area contributed by atoms with Gasteiger partial charge in [0.1, 0.15) is 5.92 Å². The second-order valence-electron chi connectivity index (χ2n) is 3.70. The highest BCUT2D eigenvalue weighted by molar-refractivity contribution is 7.15. The Bertz CT molecular complexity index is 389. The first-order valence-corrected chi connectivity index (χ1v) is 6.48. The van der Waals surface area contributed by atoms with Crippen LogP contribution in [0.1, 0.15) is 36.8 Å². The molecule has 0 aromatic carbocycles. The smallest absolute Gasteiger partial charge is 0.315 e. The van der Waals surface area contributed by atoms with Crippen LogP contribution < -0.4 is 5.32 Å². The van der Waals surface area contributed by atoms with E-state index in [1.807, 2.05) is 13.8 Å². The molecule has 1 aliphatic carbocycles. The summed E-state index contributed by atoms with van der Waals surface area (Å²) in [7, 11) is 0. The third kappa shape index (κ3) is 2.04. The van der Waals surface area contributed by atoms with Gasteiger partial charge in [0.15, 0.2) is 5.13 Å². The summed E-state index contributed by atoms with van der Waals surface area (Å²) < 4.78 is 5.06. The molecule has 1 atom stereocenters. The highest BCUT2D eigenvalue weighted by Gasteiger charge is 2.33. The van der Waals surface area contributed by atoms with E-state index in [9.17, 15) is 4.79 Å². The van der Waals surface area contributed by atoms with Crippen molar-refractivity contribution in [2.24, 2.45) is 0 Å². The van der Waals surface area contributed by atoms with Gasteiger partial charge in [-0.2, -0.15) is 0 Å². The summed E-state index contributed by atoms with van der Waals surface area (Å²) in [6.07, 6.45) is 1.79. The van der Waals surface area contributed by atoms with Crippen molar-refractivity contribution in [3.8, 4) is 0 Å². The van der Waals surface area contributed by atoms with E-state index < -0.39 is 0 Å². The molecule has 88 valence electrons. The summed E-state index contributed by atoms with van der Waals surface area (Å²) in [5, 5.41) is 4.10. The molecule has 1 aromatic heterocycles. The van der Waals surface area contributed by atoms with Crippen molar-refractivity contribution >= 4 is 22.4 Å². The van der Waals surface area contributed by atoms with E-state index in [4.69, 9.17) is 4.74 Å². The lowest BCUT2D eigenvalue weighted by Crippen LogP contribution is -2.14. The van der Waals surface area contributed by atoms with Crippen molar-refractivity contribution in [2.45, 2.75) is 32.6 Å². The molecule has 2 rings (SSSR count). The molecule has 1 aromatic rings. The summed E-state index contributed by atoms with van der Waals surface area (Å²) in [6.45, 7) is 5.17. The largest absolute Gasteiger partial charge is 0.465 e. The number of esters is 1. The van der Waals surface area contributed by atoms with Crippen molar-refractivity contribution in [2.75, 3.05) is 18.5 Å². The van der Waals surface area contributed by atoms with Gasteiger partial charge in [-0.05, 0) is 26.7 Å². The van der Waals surface area contributed by atoms with Gasteiger partial charge in [-0.15, -0.1) is 11.3 Å². The highest BCUT2D eigenvalue weighted by Crippen LogP contribution is 2.38. The highest BCUT2D eigenvalue weighted by atomic mass is 32.1. The Morgan fingerprint density at radius 3 is 3.12 bits per heavy atom. The zero-order valence-corrected chi connectivity index (χ0v) is 10.4. The van der Waals surface area contributed by atoms with E-state index in [0.717, 1.165) is 30.2 Å². The topological polar surface area (TPSA) is 51.2 Å². The van der Waals surface area contributed by atoms with Gasteiger partial charge in [-0.25, -0.2) is 4.98 Å². The Kier molecular flexibility index (Phi) is 3.43. The number of fused-ring (bicyclic) bond motifs is 1. The molecule has 0 aliphatic heterocycles. The predicted octanol–water partition coefficient (Wildman–Crippen LogP) is 2.17.